The van der Waals surface area contributed by atoms with Crippen LogP contribution in [0.3, 0.4) is 0 Å². The standard InChI is InChI=1S/C14H20N3O2/c1-15(10-11-16-8-3-2-4-9-16)13-6-5-7-14(12-13)17(18)19/h5-6,12H,2-4,8-11H2,1H3. The number of piperidine rings is 1. The first kappa shape index (κ1) is 13.8. The molecule has 1 heterocycles. The second kappa shape index (κ2) is 6.52. The van der Waals surface area contributed by atoms with E-state index in [1.165, 1.54) is 32.4 Å². The maximum Gasteiger partial charge on any atom is 0.279 e. The van der Waals surface area contributed by atoms with Crippen molar-refractivity contribution in [2.24, 2.45) is 0 Å². The molecule has 0 aromatic heterocycles. The molecule has 1 aliphatic heterocycles. The van der Waals surface area contributed by atoms with Crippen LogP contribution in [0, 0.1) is 16.2 Å². The van der Waals surface area contributed by atoms with E-state index in [1.807, 2.05) is 13.1 Å². The Morgan fingerprint density at radius 1 is 1.42 bits per heavy atom. The molecule has 103 valence electrons. The number of non-ortho nitro benzene ring substituents is 1. The van der Waals surface area contributed by atoms with Crippen LogP contribution in [0.15, 0.2) is 18.2 Å². The van der Waals surface area contributed by atoms with Gasteiger partial charge in [-0.3, -0.25) is 10.1 Å². The Labute approximate surface area is 114 Å². The Morgan fingerprint density at radius 3 is 2.84 bits per heavy atom. The van der Waals surface area contributed by atoms with Gasteiger partial charge in [0.1, 0.15) is 0 Å². The van der Waals surface area contributed by atoms with Crippen molar-refractivity contribution in [3.05, 3.63) is 34.4 Å². The Hall–Kier alpha value is -1.62. The third kappa shape index (κ3) is 3.92. The minimum atomic E-state index is -0.401. The molecule has 0 atom stereocenters. The summed E-state index contributed by atoms with van der Waals surface area (Å²) in [7, 11) is 1.98. The third-order valence-corrected chi connectivity index (χ3v) is 3.61. The van der Waals surface area contributed by atoms with Crippen LogP contribution in [0.5, 0.6) is 0 Å². The molecule has 1 aliphatic rings. The minimum Gasteiger partial charge on any atom is -0.373 e. The zero-order chi connectivity index (χ0) is 13.7. The number of likely N-dealkylation sites (N-methyl/N-ethyl adjacent to an activating group) is 1. The van der Waals surface area contributed by atoms with Gasteiger partial charge in [-0.1, -0.05) is 6.42 Å². The highest BCUT2D eigenvalue weighted by Gasteiger charge is 2.12. The van der Waals surface area contributed by atoms with Crippen molar-refractivity contribution in [3.63, 3.8) is 0 Å². The van der Waals surface area contributed by atoms with Crippen molar-refractivity contribution in [2.45, 2.75) is 19.3 Å². The van der Waals surface area contributed by atoms with E-state index in [2.05, 4.69) is 15.9 Å². The summed E-state index contributed by atoms with van der Waals surface area (Å²) in [6.07, 6.45) is 3.91. The van der Waals surface area contributed by atoms with Gasteiger partial charge >= 0.3 is 0 Å². The fraction of sp³-hybridized carbons (Fsp3) is 0.571. The average molecular weight is 262 g/mol. The molecule has 0 spiro atoms. The molecule has 0 bridgehead atoms. The largest absolute Gasteiger partial charge is 0.373 e. The van der Waals surface area contributed by atoms with E-state index < -0.39 is 4.92 Å². The molecule has 5 nitrogen and oxygen atoms in total. The molecule has 2 rings (SSSR count). The SMILES string of the molecule is CN(CCN1CCCCC1)c1cc[c]c([N+](=O)[O-])c1. The Bertz CT molecular complexity index is 430. The van der Waals surface area contributed by atoms with E-state index >= 15 is 0 Å². The summed E-state index contributed by atoms with van der Waals surface area (Å²) in [4.78, 5) is 14.9. The molecule has 0 N–H and O–H groups in total. The monoisotopic (exact) mass is 262 g/mol. The number of nitrogens with zero attached hydrogens (tertiary/aromatic N) is 3. The second-order valence-corrected chi connectivity index (χ2v) is 5.01. The lowest BCUT2D eigenvalue weighted by Crippen LogP contribution is -2.36. The zero-order valence-electron chi connectivity index (χ0n) is 11.3. The number of rotatable bonds is 5. The van der Waals surface area contributed by atoms with Crippen LogP contribution in [0.25, 0.3) is 0 Å². The molecule has 19 heavy (non-hydrogen) atoms. The van der Waals surface area contributed by atoms with E-state index in [4.69, 9.17) is 0 Å². The Kier molecular flexibility index (Phi) is 4.74. The number of anilines is 1. The maximum atomic E-state index is 10.7. The molecule has 1 radical (unpaired) electrons. The lowest BCUT2D eigenvalue weighted by molar-refractivity contribution is -0.385. The van der Waals surface area contributed by atoms with Crippen molar-refractivity contribution < 1.29 is 4.92 Å². The predicted molar refractivity (Wildman–Crippen MR) is 75.5 cm³/mol. The van der Waals surface area contributed by atoms with Gasteiger partial charge in [-0.15, -0.1) is 0 Å². The number of nitro benzene ring substituents is 1. The van der Waals surface area contributed by atoms with Crippen molar-refractivity contribution >= 4 is 11.4 Å². The third-order valence-electron chi connectivity index (χ3n) is 3.61. The van der Waals surface area contributed by atoms with Crippen molar-refractivity contribution in [1.82, 2.24) is 4.90 Å². The van der Waals surface area contributed by atoms with Crippen molar-refractivity contribution in [2.75, 3.05) is 38.1 Å². The summed E-state index contributed by atoms with van der Waals surface area (Å²) in [6, 6.07) is 7.69. The topological polar surface area (TPSA) is 49.6 Å². The van der Waals surface area contributed by atoms with Gasteiger partial charge in [0, 0.05) is 31.9 Å². The van der Waals surface area contributed by atoms with E-state index in [1.54, 1.807) is 12.1 Å². The van der Waals surface area contributed by atoms with Gasteiger partial charge in [0.25, 0.3) is 5.69 Å². The van der Waals surface area contributed by atoms with Gasteiger partial charge in [0.05, 0.1) is 11.0 Å². The number of likely N-dealkylation sites (tertiary alicyclic amines) is 1. The van der Waals surface area contributed by atoms with Gasteiger partial charge in [0.15, 0.2) is 0 Å². The minimum absolute atomic E-state index is 0.0299. The smallest absolute Gasteiger partial charge is 0.279 e. The summed E-state index contributed by atoms with van der Waals surface area (Å²) in [5.41, 5.74) is 0.907. The molecule has 5 heteroatoms. The molecule has 0 saturated carbocycles. The van der Waals surface area contributed by atoms with Crippen LogP contribution in [0.4, 0.5) is 11.4 Å². The van der Waals surface area contributed by atoms with Crippen molar-refractivity contribution in [3.8, 4) is 0 Å². The lowest BCUT2D eigenvalue weighted by atomic mass is 10.1. The average Bonchev–Trinajstić information content (AvgIpc) is 2.46. The normalized spacial score (nSPS) is 16.3. The van der Waals surface area contributed by atoms with Gasteiger partial charge in [-0.05, 0) is 38.1 Å². The predicted octanol–water partition coefficient (Wildman–Crippen LogP) is 2.32. The van der Waals surface area contributed by atoms with E-state index in [-0.39, 0.29) is 5.69 Å². The summed E-state index contributed by atoms with van der Waals surface area (Å²) < 4.78 is 0. The number of hydrogen-bond donors (Lipinski definition) is 0. The number of benzene rings is 1. The van der Waals surface area contributed by atoms with Gasteiger partial charge in [-0.25, -0.2) is 0 Å². The molecule has 1 aromatic rings. The maximum absolute atomic E-state index is 10.7. The van der Waals surface area contributed by atoms with Gasteiger partial charge in [-0.2, -0.15) is 0 Å². The van der Waals surface area contributed by atoms with Crippen LogP contribution in [0.2, 0.25) is 0 Å². The number of nitro groups is 1. The van der Waals surface area contributed by atoms with Crippen LogP contribution < -0.4 is 4.90 Å². The van der Waals surface area contributed by atoms with Crippen LogP contribution in [-0.2, 0) is 0 Å². The quantitative estimate of drug-likeness (QED) is 0.603. The first-order valence-corrected chi connectivity index (χ1v) is 6.76. The Morgan fingerprint density at radius 2 is 2.16 bits per heavy atom. The molecule has 1 aromatic carbocycles. The number of hydrogen-bond acceptors (Lipinski definition) is 4. The Balaban J connectivity index is 1.89. The molecular formula is C14H20N3O2. The van der Waals surface area contributed by atoms with E-state index in [9.17, 15) is 10.1 Å². The zero-order valence-corrected chi connectivity index (χ0v) is 11.3. The van der Waals surface area contributed by atoms with E-state index in [0.29, 0.717) is 0 Å². The van der Waals surface area contributed by atoms with Crippen LogP contribution >= 0.6 is 0 Å². The molecule has 1 fully saturated rings. The lowest BCUT2D eigenvalue weighted by Gasteiger charge is -2.29. The molecule has 1 saturated heterocycles. The summed E-state index contributed by atoms with van der Waals surface area (Å²) >= 11 is 0. The molecule has 0 aliphatic carbocycles. The second-order valence-electron chi connectivity index (χ2n) is 5.01. The highest BCUT2D eigenvalue weighted by Crippen LogP contribution is 2.19. The van der Waals surface area contributed by atoms with Crippen LogP contribution in [-0.4, -0.2) is 43.0 Å². The summed E-state index contributed by atoms with van der Waals surface area (Å²) in [5, 5.41) is 10.7. The molecule has 0 amide bonds. The van der Waals surface area contributed by atoms with Gasteiger partial charge in [0.2, 0.25) is 0 Å². The summed E-state index contributed by atoms with van der Waals surface area (Å²) in [6.45, 7) is 4.26. The fourth-order valence-electron chi connectivity index (χ4n) is 2.39. The highest BCUT2D eigenvalue weighted by molar-refractivity contribution is 5.52. The fourth-order valence-corrected chi connectivity index (χ4v) is 2.39. The highest BCUT2D eigenvalue weighted by atomic mass is 16.6. The van der Waals surface area contributed by atoms with Crippen molar-refractivity contribution in [1.29, 1.82) is 0 Å². The summed E-state index contributed by atoms with van der Waals surface area (Å²) in [5.74, 6) is 0. The molecular weight excluding hydrogens is 242 g/mol. The van der Waals surface area contributed by atoms with Gasteiger partial charge < -0.3 is 9.80 Å². The van der Waals surface area contributed by atoms with Crippen LogP contribution in [0.1, 0.15) is 19.3 Å². The first-order chi connectivity index (χ1) is 9.16. The molecule has 0 unspecified atom stereocenters. The van der Waals surface area contributed by atoms with E-state index in [0.717, 1.165) is 18.8 Å². The first-order valence-electron chi connectivity index (χ1n) is 6.76.